The zero-order valence-electron chi connectivity index (χ0n) is 22.4. The van der Waals surface area contributed by atoms with Gasteiger partial charge in [-0.3, -0.25) is 9.69 Å². The summed E-state index contributed by atoms with van der Waals surface area (Å²) >= 11 is 6.13. The monoisotopic (exact) mass is 560 g/mol. The summed E-state index contributed by atoms with van der Waals surface area (Å²) in [5.74, 6) is -1.27. The van der Waals surface area contributed by atoms with Gasteiger partial charge in [0.2, 0.25) is 5.91 Å². The number of anilines is 1. The maximum Gasteiger partial charge on any atom is 0.411 e. The zero-order valence-corrected chi connectivity index (χ0v) is 23.2. The highest BCUT2D eigenvalue weighted by molar-refractivity contribution is 6.30. The number of likely N-dealkylation sites (tertiary alicyclic amines) is 1. The molecule has 1 saturated heterocycles. The van der Waals surface area contributed by atoms with Gasteiger partial charge in [0.05, 0.1) is 17.4 Å². The highest BCUT2D eigenvalue weighted by atomic mass is 35.5. The van der Waals surface area contributed by atoms with Crippen LogP contribution in [0.2, 0.25) is 5.02 Å². The summed E-state index contributed by atoms with van der Waals surface area (Å²) in [7, 11) is 0. The first-order valence-corrected chi connectivity index (χ1v) is 13.4. The van der Waals surface area contributed by atoms with Crippen molar-refractivity contribution in [3.05, 3.63) is 113 Å². The van der Waals surface area contributed by atoms with Crippen molar-refractivity contribution in [3.63, 3.8) is 0 Å². The van der Waals surface area contributed by atoms with Crippen molar-refractivity contribution < 1.29 is 18.7 Å². The molecule has 0 saturated carbocycles. The Morgan fingerprint density at radius 2 is 1.75 bits per heavy atom. The molecule has 0 bridgehead atoms. The molecule has 0 aliphatic carbocycles. The summed E-state index contributed by atoms with van der Waals surface area (Å²) in [6.07, 6.45) is 1.42. The minimum Gasteiger partial charge on any atom is -0.444 e. The van der Waals surface area contributed by atoms with Crippen molar-refractivity contribution in [2.24, 2.45) is 0 Å². The van der Waals surface area contributed by atoms with E-state index >= 15 is 0 Å². The highest BCUT2D eigenvalue weighted by Crippen LogP contribution is 2.47. The fraction of sp³-hybridized carbons (Fsp3) is 0.258. The lowest BCUT2D eigenvalue weighted by molar-refractivity contribution is -0.120. The number of amides is 2. The number of halogens is 2. The maximum atomic E-state index is 14.5. The van der Waals surface area contributed by atoms with Crippen LogP contribution in [0.3, 0.4) is 0 Å². The standard InChI is InChI=1S/C31H30ClFN4O3/c1-31(2,3)40-30(39)37-27(29(38)34-23-12-8-10-21(32)18-23)19-25(28(37)20-9-7-11-22(33)17-20)26-15-16-36(35-26)24-13-5-4-6-14-24/h4-18,25,27-28H,19H2,1-3H3,(H,34,38)/t25-,27+,28+/m1/s1. The highest BCUT2D eigenvalue weighted by Gasteiger charge is 2.50. The average molecular weight is 561 g/mol. The van der Waals surface area contributed by atoms with E-state index in [9.17, 15) is 14.0 Å². The van der Waals surface area contributed by atoms with Gasteiger partial charge in [0, 0.05) is 22.8 Å². The number of carbonyl (C=O) groups is 2. The predicted molar refractivity (Wildman–Crippen MR) is 152 cm³/mol. The fourth-order valence-corrected chi connectivity index (χ4v) is 5.27. The van der Waals surface area contributed by atoms with Crippen molar-refractivity contribution in [1.29, 1.82) is 0 Å². The second kappa shape index (κ2) is 11.1. The topological polar surface area (TPSA) is 76.5 Å². The predicted octanol–water partition coefficient (Wildman–Crippen LogP) is 7.14. The van der Waals surface area contributed by atoms with Crippen LogP contribution in [0.25, 0.3) is 5.69 Å². The van der Waals surface area contributed by atoms with Crippen LogP contribution in [0.4, 0.5) is 14.9 Å². The van der Waals surface area contributed by atoms with Crippen molar-refractivity contribution in [1.82, 2.24) is 14.7 Å². The summed E-state index contributed by atoms with van der Waals surface area (Å²) in [5, 5.41) is 8.17. The number of ether oxygens (including phenoxy) is 1. The third-order valence-corrected chi connectivity index (χ3v) is 6.93. The first kappa shape index (κ1) is 27.4. The lowest BCUT2D eigenvalue weighted by Gasteiger charge is -2.33. The zero-order chi connectivity index (χ0) is 28.4. The van der Waals surface area contributed by atoms with E-state index in [1.807, 2.05) is 42.6 Å². The minimum atomic E-state index is -0.922. The van der Waals surface area contributed by atoms with E-state index in [0.29, 0.717) is 22.0 Å². The van der Waals surface area contributed by atoms with Gasteiger partial charge >= 0.3 is 6.09 Å². The average Bonchev–Trinajstić information content (AvgIpc) is 3.54. The maximum absolute atomic E-state index is 14.5. The Balaban J connectivity index is 1.58. The van der Waals surface area contributed by atoms with Gasteiger partial charge in [-0.2, -0.15) is 5.10 Å². The molecule has 1 aliphatic heterocycles. The largest absolute Gasteiger partial charge is 0.444 e. The summed E-state index contributed by atoms with van der Waals surface area (Å²) in [4.78, 5) is 28.9. The van der Waals surface area contributed by atoms with E-state index in [1.54, 1.807) is 61.9 Å². The normalized spacial score (nSPS) is 18.9. The smallest absolute Gasteiger partial charge is 0.411 e. The molecule has 0 spiro atoms. The summed E-state index contributed by atoms with van der Waals surface area (Å²) in [6, 6.07) is 22.7. The van der Waals surface area contributed by atoms with Gasteiger partial charge in [0.15, 0.2) is 0 Å². The Kier molecular flexibility index (Phi) is 7.63. The van der Waals surface area contributed by atoms with Crippen LogP contribution in [0.5, 0.6) is 0 Å². The van der Waals surface area contributed by atoms with Crippen LogP contribution in [0.1, 0.15) is 50.4 Å². The molecular formula is C31H30ClFN4O3. The number of rotatable bonds is 5. The lowest BCUT2D eigenvalue weighted by Crippen LogP contribution is -2.46. The second-order valence-electron chi connectivity index (χ2n) is 10.8. The molecule has 40 heavy (non-hydrogen) atoms. The van der Waals surface area contributed by atoms with Crippen LogP contribution in [0, 0.1) is 5.82 Å². The molecule has 1 fully saturated rings. The van der Waals surface area contributed by atoms with Gasteiger partial charge in [0.25, 0.3) is 0 Å². The van der Waals surface area contributed by atoms with E-state index in [2.05, 4.69) is 5.32 Å². The third kappa shape index (κ3) is 6.02. The number of para-hydroxylation sites is 1. The number of benzene rings is 3. The van der Waals surface area contributed by atoms with E-state index < -0.39 is 41.4 Å². The molecule has 2 heterocycles. The summed E-state index contributed by atoms with van der Waals surface area (Å²) in [6.45, 7) is 5.29. The van der Waals surface area contributed by atoms with Crippen LogP contribution in [-0.2, 0) is 9.53 Å². The molecule has 2 amide bonds. The van der Waals surface area contributed by atoms with E-state index in [-0.39, 0.29) is 6.42 Å². The van der Waals surface area contributed by atoms with Crippen LogP contribution in [0.15, 0.2) is 91.1 Å². The number of nitrogens with one attached hydrogen (secondary N) is 1. The number of carbonyl (C=O) groups excluding carboxylic acids is 2. The molecule has 1 aliphatic rings. The van der Waals surface area contributed by atoms with E-state index in [0.717, 1.165) is 5.69 Å². The molecule has 1 N–H and O–H groups in total. The van der Waals surface area contributed by atoms with Gasteiger partial charge < -0.3 is 10.1 Å². The molecule has 1 aromatic heterocycles. The molecule has 206 valence electrons. The Labute approximate surface area is 237 Å². The molecule has 5 rings (SSSR count). The minimum absolute atomic E-state index is 0.249. The first-order valence-electron chi connectivity index (χ1n) is 13.0. The molecule has 9 heteroatoms. The van der Waals surface area contributed by atoms with Crippen molar-refractivity contribution in [2.45, 2.75) is 50.8 Å². The molecule has 4 aromatic rings. The Morgan fingerprint density at radius 1 is 1.00 bits per heavy atom. The molecular weight excluding hydrogens is 531 g/mol. The number of aromatic nitrogens is 2. The van der Waals surface area contributed by atoms with Gasteiger partial charge in [-0.15, -0.1) is 0 Å². The van der Waals surface area contributed by atoms with Gasteiger partial charge in [-0.05, 0) is 81.3 Å². The second-order valence-corrected chi connectivity index (χ2v) is 11.2. The van der Waals surface area contributed by atoms with Gasteiger partial charge in [-0.25, -0.2) is 13.9 Å². The quantitative estimate of drug-likeness (QED) is 0.281. The molecule has 3 aromatic carbocycles. The molecule has 0 unspecified atom stereocenters. The number of hydrogen-bond acceptors (Lipinski definition) is 4. The first-order chi connectivity index (χ1) is 19.1. The Morgan fingerprint density at radius 3 is 2.45 bits per heavy atom. The van der Waals surface area contributed by atoms with Crippen LogP contribution in [-0.4, -0.2) is 38.3 Å². The van der Waals surface area contributed by atoms with Crippen LogP contribution >= 0.6 is 11.6 Å². The van der Waals surface area contributed by atoms with Crippen molar-refractivity contribution >= 4 is 29.3 Å². The SMILES string of the molecule is CC(C)(C)OC(=O)N1[C@H](C(=O)Nc2cccc(Cl)c2)C[C@H](c2ccn(-c3ccccc3)n2)[C@@H]1c1cccc(F)c1. The van der Waals surface area contributed by atoms with E-state index in [1.165, 1.54) is 17.0 Å². The van der Waals surface area contributed by atoms with Crippen LogP contribution < -0.4 is 5.32 Å². The molecule has 3 atom stereocenters. The number of hydrogen-bond donors (Lipinski definition) is 1. The fourth-order valence-electron chi connectivity index (χ4n) is 5.08. The van der Waals surface area contributed by atoms with Crippen molar-refractivity contribution in [3.8, 4) is 5.69 Å². The third-order valence-electron chi connectivity index (χ3n) is 6.69. The van der Waals surface area contributed by atoms with Gasteiger partial charge in [-0.1, -0.05) is 48.0 Å². The summed E-state index contributed by atoms with van der Waals surface area (Å²) < 4.78 is 22.0. The van der Waals surface area contributed by atoms with Gasteiger partial charge in [0.1, 0.15) is 17.5 Å². The summed E-state index contributed by atoms with van der Waals surface area (Å²) in [5.41, 5.74) is 1.77. The molecule has 7 nitrogen and oxygen atoms in total. The Bertz CT molecular complexity index is 1520. The number of nitrogens with zero attached hydrogens (tertiary/aromatic N) is 3. The van der Waals surface area contributed by atoms with E-state index in [4.69, 9.17) is 21.4 Å². The van der Waals surface area contributed by atoms with Crippen molar-refractivity contribution in [2.75, 3.05) is 5.32 Å². The Hall–Kier alpha value is -4.17. The molecule has 0 radical (unpaired) electrons. The lowest BCUT2D eigenvalue weighted by atomic mass is 9.90.